The quantitative estimate of drug-likeness (QED) is 0.784. The van der Waals surface area contributed by atoms with Gasteiger partial charge >= 0.3 is 0 Å². The SMILES string of the molecule is CC(C)(CNc1nccnc1C#N)NS(C)(=O)=O. The number of rotatable bonds is 5. The van der Waals surface area contributed by atoms with Crippen LogP contribution in [0.15, 0.2) is 12.4 Å². The Morgan fingerprint density at radius 2 is 2.00 bits per heavy atom. The normalized spacial score (nSPS) is 11.9. The van der Waals surface area contributed by atoms with Gasteiger partial charge < -0.3 is 5.32 Å². The molecule has 0 aliphatic carbocycles. The van der Waals surface area contributed by atoms with Crippen LogP contribution in [0.25, 0.3) is 0 Å². The van der Waals surface area contributed by atoms with Crippen molar-refractivity contribution in [3.05, 3.63) is 18.1 Å². The van der Waals surface area contributed by atoms with E-state index in [4.69, 9.17) is 5.26 Å². The maximum atomic E-state index is 11.2. The molecule has 1 heterocycles. The largest absolute Gasteiger partial charge is 0.366 e. The third-order valence-electron chi connectivity index (χ3n) is 1.96. The summed E-state index contributed by atoms with van der Waals surface area (Å²) in [5.74, 6) is 0.336. The number of hydrogen-bond donors (Lipinski definition) is 2. The molecule has 0 radical (unpaired) electrons. The van der Waals surface area contributed by atoms with Crippen molar-refractivity contribution in [3.63, 3.8) is 0 Å². The van der Waals surface area contributed by atoms with E-state index in [-0.39, 0.29) is 12.2 Å². The van der Waals surface area contributed by atoms with Crippen LogP contribution < -0.4 is 10.0 Å². The number of anilines is 1. The van der Waals surface area contributed by atoms with Crippen LogP contribution in [-0.4, -0.2) is 36.7 Å². The lowest BCUT2D eigenvalue weighted by Gasteiger charge is -2.25. The molecular weight excluding hydrogens is 254 g/mol. The average Bonchev–Trinajstić information content (AvgIpc) is 2.23. The molecular formula is C10H15N5O2S. The topological polar surface area (TPSA) is 108 Å². The second kappa shape index (κ2) is 5.29. The van der Waals surface area contributed by atoms with Crippen LogP contribution in [0.3, 0.4) is 0 Å². The highest BCUT2D eigenvalue weighted by atomic mass is 32.2. The fraction of sp³-hybridized carbons (Fsp3) is 0.500. The highest BCUT2D eigenvalue weighted by molar-refractivity contribution is 7.88. The van der Waals surface area contributed by atoms with Crippen molar-refractivity contribution in [1.29, 1.82) is 5.26 Å². The summed E-state index contributed by atoms with van der Waals surface area (Å²) < 4.78 is 24.8. The summed E-state index contributed by atoms with van der Waals surface area (Å²) in [4.78, 5) is 7.82. The molecule has 0 atom stereocenters. The molecule has 1 aromatic rings. The zero-order valence-corrected chi connectivity index (χ0v) is 11.2. The minimum atomic E-state index is -3.29. The first-order chi connectivity index (χ1) is 8.23. The molecule has 1 aromatic heterocycles. The van der Waals surface area contributed by atoms with E-state index in [1.165, 1.54) is 12.4 Å². The highest BCUT2D eigenvalue weighted by Crippen LogP contribution is 2.10. The molecule has 0 amide bonds. The van der Waals surface area contributed by atoms with E-state index in [1.54, 1.807) is 13.8 Å². The molecule has 0 fully saturated rings. The molecule has 0 saturated heterocycles. The van der Waals surface area contributed by atoms with Gasteiger partial charge in [-0.15, -0.1) is 0 Å². The third-order valence-corrected chi connectivity index (χ3v) is 2.89. The van der Waals surface area contributed by atoms with E-state index in [1.807, 2.05) is 6.07 Å². The molecule has 7 nitrogen and oxygen atoms in total. The first-order valence-electron chi connectivity index (χ1n) is 5.17. The Morgan fingerprint density at radius 1 is 1.39 bits per heavy atom. The van der Waals surface area contributed by atoms with E-state index < -0.39 is 15.6 Å². The number of hydrogen-bond acceptors (Lipinski definition) is 6. The van der Waals surface area contributed by atoms with Gasteiger partial charge in [0.15, 0.2) is 11.5 Å². The summed E-state index contributed by atoms with van der Waals surface area (Å²) in [6.07, 6.45) is 3.97. The number of aromatic nitrogens is 2. The van der Waals surface area contributed by atoms with Gasteiger partial charge in [0.05, 0.1) is 6.26 Å². The molecule has 1 rings (SSSR count). The summed E-state index contributed by atoms with van der Waals surface area (Å²) in [7, 11) is -3.29. The van der Waals surface area contributed by atoms with Gasteiger partial charge in [0, 0.05) is 24.5 Å². The van der Waals surface area contributed by atoms with Crippen LogP contribution in [0, 0.1) is 11.3 Å². The van der Waals surface area contributed by atoms with Crippen LogP contribution in [0.4, 0.5) is 5.82 Å². The van der Waals surface area contributed by atoms with Crippen molar-refractivity contribution in [3.8, 4) is 6.07 Å². The Hall–Kier alpha value is -1.72. The van der Waals surface area contributed by atoms with E-state index >= 15 is 0 Å². The summed E-state index contributed by atoms with van der Waals surface area (Å²) in [6, 6.07) is 1.91. The van der Waals surface area contributed by atoms with E-state index in [9.17, 15) is 8.42 Å². The number of nitrogens with zero attached hydrogens (tertiary/aromatic N) is 3. The van der Waals surface area contributed by atoms with Gasteiger partial charge in [-0.05, 0) is 13.8 Å². The third kappa shape index (κ3) is 4.65. The molecule has 0 bridgehead atoms. The molecule has 98 valence electrons. The zero-order valence-electron chi connectivity index (χ0n) is 10.4. The van der Waals surface area contributed by atoms with Crippen molar-refractivity contribution in [2.24, 2.45) is 0 Å². The summed E-state index contributed by atoms with van der Waals surface area (Å²) in [5.41, 5.74) is -0.523. The van der Waals surface area contributed by atoms with Gasteiger partial charge in [-0.1, -0.05) is 0 Å². The summed E-state index contributed by atoms with van der Waals surface area (Å²) in [6.45, 7) is 3.74. The minimum absolute atomic E-state index is 0.174. The predicted molar refractivity (Wildman–Crippen MR) is 67.3 cm³/mol. The fourth-order valence-corrected chi connectivity index (χ4v) is 2.47. The van der Waals surface area contributed by atoms with E-state index in [0.717, 1.165) is 6.26 Å². The minimum Gasteiger partial charge on any atom is -0.366 e. The van der Waals surface area contributed by atoms with Gasteiger partial charge in [-0.3, -0.25) is 0 Å². The summed E-state index contributed by atoms with van der Waals surface area (Å²) in [5, 5.41) is 11.7. The van der Waals surface area contributed by atoms with Crippen LogP contribution in [0.5, 0.6) is 0 Å². The molecule has 0 aromatic carbocycles. The maximum Gasteiger partial charge on any atom is 0.209 e. The fourth-order valence-electron chi connectivity index (χ4n) is 1.39. The lowest BCUT2D eigenvalue weighted by atomic mass is 10.1. The van der Waals surface area contributed by atoms with Crippen LogP contribution in [-0.2, 0) is 10.0 Å². The second-order valence-electron chi connectivity index (χ2n) is 4.48. The van der Waals surface area contributed by atoms with Gasteiger partial charge in [-0.2, -0.15) is 5.26 Å². The first kappa shape index (κ1) is 14.3. The van der Waals surface area contributed by atoms with Gasteiger partial charge in [-0.25, -0.2) is 23.1 Å². The van der Waals surface area contributed by atoms with Crippen molar-refractivity contribution in [1.82, 2.24) is 14.7 Å². The molecule has 2 N–H and O–H groups in total. The summed E-state index contributed by atoms with van der Waals surface area (Å²) >= 11 is 0. The Morgan fingerprint density at radius 3 is 2.56 bits per heavy atom. The van der Waals surface area contributed by atoms with Gasteiger partial charge in [0.1, 0.15) is 6.07 Å². The van der Waals surface area contributed by atoms with Crippen molar-refractivity contribution >= 4 is 15.8 Å². The van der Waals surface area contributed by atoms with Crippen LogP contribution in [0.2, 0.25) is 0 Å². The molecule has 8 heteroatoms. The Kier molecular flexibility index (Phi) is 4.21. The Bertz CT molecular complexity index is 562. The number of sulfonamides is 1. The van der Waals surface area contributed by atoms with Gasteiger partial charge in [0.25, 0.3) is 0 Å². The highest BCUT2D eigenvalue weighted by Gasteiger charge is 2.22. The molecule has 18 heavy (non-hydrogen) atoms. The zero-order chi connectivity index (χ0) is 13.8. The molecule has 0 spiro atoms. The lowest BCUT2D eigenvalue weighted by molar-refractivity contribution is 0.476. The number of nitriles is 1. The molecule has 0 unspecified atom stereocenters. The molecule has 0 saturated carbocycles. The smallest absolute Gasteiger partial charge is 0.209 e. The predicted octanol–water partition coefficient (Wildman–Crippen LogP) is 0.0880. The monoisotopic (exact) mass is 269 g/mol. The standard InChI is InChI=1S/C10H15N5O2S/c1-10(2,15-18(3,16)17)7-14-9-8(6-11)12-4-5-13-9/h4-5,15H,7H2,1-3H3,(H,13,14). The molecule has 0 aliphatic rings. The maximum absolute atomic E-state index is 11.2. The van der Waals surface area contributed by atoms with E-state index in [2.05, 4.69) is 20.0 Å². The van der Waals surface area contributed by atoms with Crippen LogP contribution >= 0.6 is 0 Å². The van der Waals surface area contributed by atoms with Crippen molar-refractivity contribution < 1.29 is 8.42 Å². The van der Waals surface area contributed by atoms with E-state index in [0.29, 0.717) is 5.82 Å². The first-order valence-corrected chi connectivity index (χ1v) is 7.06. The van der Waals surface area contributed by atoms with Crippen molar-refractivity contribution in [2.45, 2.75) is 19.4 Å². The number of nitrogens with one attached hydrogen (secondary N) is 2. The Balaban J connectivity index is 2.74. The van der Waals surface area contributed by atoms with Gasteiger partial charge in [0.2, 0.25) is 10.0 Å². The van der Waals surface area contributed by atoms with Crippen LogP contribution in [0.1, 0.15) is 19.5 Å². The lowest BCUT2D eigenvalue weighted by Crippen LogP contribution is -2.47. The average molecular weight is 269 g/mol. The molecule has 0 aliphatic heterocycles. The van der Waals surface area contributed by atoms with Crippen molar-refractivity contribution in [2.75, 3.05) is 18.1 Å². The Labute approximate surface area is 106 Å². The second-order valence-corrected chi connectivity index (χ2v) is 6.23.